The summed E-state index contributed by atoms with van der Waals surface area (Å²) in [6.07, 6.45) is 5.02. The van der Waals surface area contributed by atoms with Crippen LogP contribution in [0, 0.1) is 0 Å². The van der Waals surface area contributed by atoms with E-state index in [0.717, 1.165) is 16.9 Å². The number of hydrogen-bond acceptors (Lipinski definition) is 2. The van der Waals surface area contributed by atoms with Crippen LogP contribution < -0.4 is 10.5 Å². The Bertz CT molecular complexity index is 646. The van der Waals surface area contributed by atoms with Crippen molar-refractivity contribution in [1.29, 1.82) is 0 Å². The monoisotopic (exact) mass is 281 g/mol. The Hall–Kier alpha value is -1.80. The van der Waals surface area contributed by atoms with Crippen LogP contribution in [0.2, 0.25) is 0 Å². The van der Waals surface area contributed by atoms with Crippen LogP contribution in [0.4, 0.5) is 0 Å². The van der Waals surface area contributed by atoms with Crippen molar-refractivity contribution in [1.82, 2.24) is 0 Å². The Labute approximate surface area is 126 Å². The molecular weight excluding hydrogens is 258 g/mol. The predicted molar refractivity (Wildman–Crippen MR) is 87.7 cm³/mol. The summed E-state index contributed by atoms with van der Waals surface area (Å²) >= 11 is 0. The quantitative estimate of drug-likeness (QED) is 0.912. The van der Waals surface area contributed by atoms with E-state index in [0.29, 0.717) is 0 Å². The highest BCUT2D eigenvalue weighted by Crippen LogP contribution is 2.34. The van der Waals surface area contributed by atoms with Crippen molar-refractivity contribution in [2.75, 3.05) is 7.11 Å². The molecule has 0 fully saturated rings. The fourth-order valence-corrected chi connectivity index (χ4v) is 3.14. The van der Waals surface area contributed by atoms with Crippen molar-refractivity contribution in [2.24, 2.45) is 5.73 Å². The number of methoxy groups -OCH3 is 1. The van der Waals surface area contributed by atoms with E-state index in [4.69, 9.17) is 10.5 Å². The van der Waals surface area contributed by atoms with Crippen molar-refractivity contribution >= 4 is 0 Å². The summed E-state index contributed by atoms with van der Waals surface area (Å²) in [5.74, 6) is 0.912. The molecule has 1 atom stereocenters. The van der Waals surface area contributed by atoms with Gasteiger partial charge in [-0.15, -0.1) is 0 Å². The zero-order chi connectivity index (χ0) is 14.8. The number of aryl methyl sites for hydroxylation is 2. The molecule has 0 amide bonds. The first kappa shape index (κ1) is 14.2. The van der Waals surface area contributed by atoms with E-state index in [-0.39, 0.29) is 6.04 Å². The minimum Gasteiger partial charge on any atom is -0.496 e. The van der Waals surface area contributed by atoms with Crippen molar-refractivity contribution < 1.29 is 4.74 Å². The third kappa shape index (κ3) is 2.81. The van der Waals surface area contributed by atoms with Gasteiger partial charge < -0.3 is 10.5 Å². The van der Waals surface area contributed by atoms with Crippen LogP contribution >= 0.6 is 0 Å². The molecule has 2 N–H and O–H groups in total. The molecule has 3 rings (SSSR count). The van der Waals surface area contributed by atoms with E-state index in [9.17, 15) is 0 Å². The number of ether oxygens (including phenoxy) is 1. The molecule has 1 unspecified atom stereocenters. The molecule has 0 bridgehead atoms. The molecule has 0 aromatic heterocycles. The summed E-state index contributed by atoms with van der Waals surface area (Å²) in [5, 5.41) is 0. The van der Waals surface area contributed by atoms with Crippen molar-refractivity contribution in [2.45, 2.75) is 38.6 Å². The molecule has 1 aliphatic carbocycles. The number of nitrogens with two attached hydrogens (primary N) is 1. The molecule has 2 nitrogen and oxygen atoms in total. The zero-order valence-corrected chi connectivity index (χ0v) is 12.9. The van der Waals surface area contributed by atoms with Gasteiger partial charge >= 0.3 is 0 Å². The SMILES string of the molecule is COc1ccc(C(C)N)cc1-c1ccc2c(c1)CCCC2. The van der Waals surface area contributed by atoms with Crippen LogP contribution in [-0.2, 0) is 12.8 Å². The lowest BCUT2D eigenvalue weighted by Crippen LogP contribution is -2.05. The molecule has 0 saturated carbocycles. The average Bonchev–Trinajstić information content (AvgIpc) is 2.53. The van der Waals surface area contributed by atoms with Crippen molar-refractivity contribution in [3.63, 3.8) is 0 Å². The van der Waals surface area contributed by atoms with E-state index in [2.05, 4.69) is 24.3 Å². The average molecular weight is 281 g/mol. The summed E-state index contributed by atoms with van der Waals surface area (Å²) in [7, 11) is 1.72. The van der Waals surface area contributed by atoms with Gasteiger partial charge in [-0.2, -0.15) is 0 Å². The Morgan fingerprint density at radius 3 is 2.48 bits per heavy atom. The van der Waals surface area contributed by atoms with Gasteiger partial charge in [-0.1, -0.05) is 24.3 Å². The maximum Gasteiger partial charge on any atom is 0.126 e. The van der Waals surface area contributed by atoms with Crippen LogP contribution in [0.15, 0.2) is 36.4 Å². The van der Waals surface area contributed by atoms with Gasteiger partial charge in [0.15, 0.2) is 0 Å². The molecular formula is C19H23NO. The normalized spacial score (nSPS) is 15.4. The van der Waals surface area contributed by atoms with Crippen molar-refractivity contribution in [3.05, 3.63) is 53.1 Å². The smallest absolute Gasteiger partial charge is 0.126 e. The zero-order valence-electron chi connectivity index (χ0n) is 12.9. The Balaban J connectivity index is 2.08. The number of hydrogen-bond donors (Lipinski definition) is 1. The maximum atomic E-state index is 6.02. The third-order valence-corrected chi connectivity index (χ3v) is 4.41. The van der Waals surface area contributed by atoms with Gasteiger partial charge in [-0.25, -0.2) is 0 Å². The predicted octanol–water partition coefficient (Wildman–Crippen LogP) is 4.26. The van der Waals surface area contributed by atoms with Gasteiger partial charge in [0.25, 0.3) is 0 Å². The van der Waals surface area contributed by atoms with Gasteiger partial charge in [0.05, 0.1) is 7.11 Å². The second kappa shape index (κ2) is 5.90. The fourth-order valence-electron chi connectivity index (χ4n) is 3.14. The second-order valence-electron chi connectivity index (χ2n) is 5.94. The number of benzene rings is 2. The molecule has 0 heterocycles. The highest BCUT2D eigenvalue weighted by Gasteiger charge is 2.13. The largest absolute Gasteiger partial charge is 0.496 e. The van der Waals surface area contributed by atoms with Gasteiger partial charge in [-0.05, 0) is 67.0 Å². The van der Waals surface area contributed by atoms with E-state index < -0.39 is 0 Å². The van der Waals surface area contributed by atoms with E-state index in [1.807, 2.05) is 19.1 Å². The van der Waals surface area contributed by atoms with Crippen LogP contribution in [0.1, 0.15) is 42.5 Å². The molecule has 0 spiro atoms. The first-order chi connectivity index (χ1) is 10.2. The van der Waals surface area contributed by atoms with Crippen LogP contribution in [0.25, 0.3) is 11.1 Å². The first-order valence-corrected chi connectivity index (χ1v) is 7.74. The minimum atomic E-state index is 0.0345. The Kier molecular flexibility index (Phi) is 3.98. The topological polar surface area (TPSA) is 35.2 Å². The van der Waals surface area contributed by atoms with Gasteiger partial charge in [0.2, 0.25) is 0 Å². The minimum absolute atomic E-state index is 0.0345. The highest BCUT2D eigenvalue weighted by molar-refractivity contribution is 5.72. The van der Waals surface area contributed by atoms with E-state index in [1.165, 1.54) is 42.4 Å². The van der Waals surface area contributed by atoms with Crippen LogP contribution in [0.5, 0.6) is 5.75 Å². The molecule has 1 aliphatic rings. The molecule has 0 aliphatic heterocycles. The van der Waals surface area contributed by atoms with Gasteiger partial charge in [0, 0.05) is 11.6 Å². The summed E-state index contributed by atoms with van der Waals surface area (Å²) in [6.45, 7) is 2.01. The summed E-state index contributed by atoms with van der Waals surface area (Å²) in [6, 6.07) is 13.1. The molecule has 2 heteroatoms. The molecule has 2 aromatic rings. The van der Waals surface area contributed by atoms with E-state index >= 15 is 0 Å². The van der Waals surface area contributed by atoms with Gasteiger partial charge in [-0.3, -0.25) is 0 Å². The molecule has 110 valence electrons. The van der Waals surface area contributed by atoms with Crippen molar-refractivity contribution in [3.8, 4) is 16.9 Å². The molecule has 0 radical (unpaired) electrons. The Morgan fingerprint density at radius 2 is 1.76 bits per heavy atom. The molecule has 0 saturated heterocycles. The lowest BCUT2D eigenvalue weighted by Gasteiger charge is -2.18. The lowest BCUT2D eigenvalue weighted by atomic mass is 9.88. The Morgan fingerprint density at radius 1 is 1.00 bits per heavy atom. The second-order valence-corrected chi connectivity index (χ2v) is 5.94. The summed E-state index contributed by atoms with van der Waals surface area (Å²) in [5.41, 5.74) is 12.5. The van der Waals surface area contributed by atoms with Crippen LogP contribution in [0.3, 0.4) is 0 Å². The standard InChI is InChI=1S/C19H23NO/c1-13(20)15-9-10-19(21-2)18(12-15)17-8-7-14-5-3-4-6-16(14)11-17/h7-13H,3-6,20H2,1-2H3. The van der Waals surface area contributed by atoms with Gasteiger partial charge in [0.1, 0.15) is 5.75 Å². The number of fused-ring (bicyclic) bond motifs is 1. The summed E-state index contributed by atoms with van der Waals surface area (Å²) < 4.78 is 5.54. The maximum absolute atomic E-state index is 6.02. The molecule has 2 aromatic carbocycles. The van der Waals surface area contributed by atoms with Crippen LogP contribution in [-0.4, -0.2) is 7.11 Å². The fraction of sp³-hybridized carbons (Fsp3) is 0.368. The third-order valence-electron chi connectivity index (χ3n) is 4.41. The summed E-state index contributed by atoms with van der Waals surface area (Å²) in [4.78, 5) is 0. The van der Waals surface area contributed by atoms with E-state index in [1.54, 1.807) is 7.11 Å². The highest BCUT2D eigenvalue weighted by atomic mass is 16.5. The first-order valence-electron chi connectivity index (χ1n) is 7.74. The lowest BCUT2D eigenvalue weighted by molar-refractivity contribution is 0.416. The number of rotatable bonds is 3. The molecule has 21 heavy (non-hydrogen) atoms.